The van der Waals surface area contributed by atoms with E-state index in [1.54, 1.807) is 0 Å². The normalized spacial score (nSPS) is 13.0. The van der Waals surface area contributed by atoms with Crippen LogP contribution < -0.4 is 0 Å². The Kier molecular flexibility index (Phi) is 2.75. The van der Waals surface area contributed by atoms with Gasteiger partial charge >= 0.3 is 0 Å². The SMILES string of the molecule is Cc1c(C)c2ccc3c(C)c(C)c4ccc5c(C)c(C)c6ccc1c1c2c3c4c5c61. The Morgan fingerprint density at radius 2 is 0.400 bits per heavy atom. The molecule has 0 fully saturated rings. The van der Waals surface area contributed by atoms with Gasteiger partial charge in [0, 0.05) is 0 Å². The van der Waals surface area contributed by atoms with E-state index in [1.807, 2.05) is 0 Å². The number of benzene rings is 7. The Bertz CT molecular complexity index is 1450. The Hall–Kier alpha value is -3.12. The quantitative estimate of drug-likeness (QED) is 0.181. The van der Waals surface area contributed by atoms with Gasteiger partial charge in [-0.3, -0.25) is 0 Å². The smallest absolute Gasteiger partial charge is 0.00109 e. The van der Waals surface area contributed by atoms with Crippen molar-refractivity contribution < 1.29 is 0 Å². The van der Waals surface area contributed by atoms with Gasteiger partial charge in [-0.15, -0.1) is 0 Å². The summed E-state index contributed by atoms with van der Waals surface area (Å²) in [6.45, 7) is 13.8. The molecule has 0 spiro atoms. The molecule has 0 unspecified atom stereocenters. The lowest BCUT2D eigenvalue weighted by Crippen LogP contribution is -2.00. The van der Waals surface area contributed by atoms with Crippen LogP contribution in [-0.2, 0) is 0 Å². The fourth-order valence-corrected chi connectivity index (χ4v) is 6.45. The molecule has 0 heterocycles. The Labute approximate surface area is 176 Å². The van der Waals surface area contributed by atoms with Crippen LogP contribution in [0.5, 0.6) is 0 Å². The lowest BCUT2D eigenvalue weighted by molar-refractivity contribution is 1.40. The van der Waals surface area contributed by atoms with E-state index in [-0.39, 0.29) is 0 Å². The molecule has 30 heavy (non-hydrogen) atoms. The molecule has 0 amide bonds. The van der Waals surface area contributed by atoms with Crippen molar-refractivity contribution in [2.45, 2.75) is 41.5 Å². The van der Waals surface area contributed by atoms with Gasteiger partial charge in [0.05, 0.1) is 0 Å². The van der Waals surface area contributed by atoms with Gasteiger partial charge < -0.3 is 0 Å². The molecule has 144 valence electrons. The zero-order valence-electron chi connectivity index (χ0n) is 18.5. The maximum absolute atomic E-state index is 2.38. The third-order valence-electron chi connectivity index (χ3n) is 8.48. The third kappa shape index (κ3) is 1.54. The summed E-state index contributed by atoms with van der Waals surface area (Å²) < 4.78 is 0. The summed E-state index contributed by atoms with van der Waals surface area (Å²) in [4.78, 5) is 0. The van der Waals surface area contributed by atoms with E-state index in [9.17, 15) is 0 Å². The lowest BCUT2D eigenvalue weighted by atomic mass is 9.77. The monoisotopic (exact) mass is 384 g/mol. The molecule has 0 radical (unpaired) electrons. The zero-order valence-corrected chi connectivity index (χ0v) is 18.5. The van der Waals surface area contributed by atoms with Crippen molar-refractivity contribution in [1.82, 2.24) is 0 Å². The molecular formula is C30H24. The number of hydrogen-bond acceptors (Lipinski definition) is 0. The largest absolute Gasteiger partial charge is 0.0534 e. The van der Waals surface area contributed by atoms with Gasteiger partial charge in [-0.1, -0.05) is 36.4 Å². The van der Waals surface area contributed by atoms with Crippen LogP contribution in [0.25, 0.3) is 64.6 Å². The van der Waals surface area contributed by atoms with Crippen LogP contribution in [0.2, 0.25) is 0 Å². The first-order valence-corrected chi connectivity index (χ1v) is 11.0. The average molecular weight is 385 g/mol. The molecule has 0 bridgehead atoms. The number of aryl methyl sites for hydroxylation is 6. The summed E-state index contributed by atoms with van der Waals surface area (Å²) in [5.41, 5.74) is 8.53. The average Bonchev–Trinajstić information content (AvgIpc) is 2.76. The van der Waals surface area contributed by atoms with Crippen molar-refractivity contribution in [3.63, 3.8) is 0 Å². The second kappa shape index (κ2) is 4.95. The summed E-state index contributed by atoms with van der Waals surface area (Å²) in [6.07, 6.45) is 0. The zero-order chi connectivity index (χ0) is 20.6. The Morgan fingerprint density at radius 3 is 0.533 bits per heavy atom. The number of rotatable bonds is 0. The minimum Gasteiger partial charge on any atom is -0.0534 e. The van der Waals surface area contributed by atoms with Crippen LogP contribution in [0.4, 0.5) is 0 Å². The van der Waals surface area contributed by atoms with E-state index in [1.165, 1.54) is 98.0 Å². The molecule has 7 aromatic rings. The lowest BCUT2D eigenvalue weighted by Gasteiger charge is -2.26. The first-order chi connectivity index (χ1) is 14.4. The summed E-state index contributed by atoms with van der Waals surface area (Å²) in [7, 11) is 0. The molecule has 0 nitrogen and oxygen atoms in total. The minimum absolute atomic E-state index is 1.42. The topological polar surface area (TPSA) is 0 Å². The fraction of sp³-hybridized carbons (Fsp3) is 0.200. The second-order valence-electron chi connectivity index (χ2n) is 9.48. The third-order valence-corrected chi connectivity index (χ3v) is 8.48. The molecule has 0 atom stereocenters. The van der Waals surface area contributed by atoms with E-state index < -0.39 is 0 Å². The highest BCUT2D eigenvalue weighted by Gasteiger charge is 2.25. The van der Waals surface area contributed by atoms with Crippen LogP contribution in [0.15, 0.2) is 36.4 Å². The molecule has 0 aromatic heterocycles. The van der Waals surface area contributed by atoms with Gasteiger partial charge in [0.1, 0.15) is 0 Å². The molecule has 0 aliphatic rings. The fourth-order valence-electron chi connectivity index (χ4n) is 6.45. The van der Waals surface area contributed by atoms with Gasteiger partial charge in [0.25, 0.3) is 0 Å². The van der Waals surface area contributed by atoms with Gasteiger partial charge in [-0.05, 0) is 140 Å². The predicted octanol–water partition coefficient (Wildman–Crippen LogP) is 8.77. The first kappa shape index (κ1) is 16.7. The maximum Gasteiger partial charge on any atom is -0.00109 e. The maximum atomic E-state index is 2.38. The standard InChI is InChI=1S/C30H24/c1-13-14(2)20-9-10-22-17(5)18(6)24-12-11-23-16(4)15(3)21-8-7-19(13)25-26(20)28(22)30(24)29(23)27(21)25/h7-12H,1-6H3. The van der Waals surface area contributed by atoms with Crippen LogP contribution in [0.3, 0.4) is 0 Å². The van der Waals surface area contributed by atoms with Crippen molar-refractivity contribution in [3.05, 3.63) is 69.8 Å². The number of hydrogen-bond donors (Lipinski definition) is 0. The van der Waals surface area contributed by atoms with Crippen molar-refractivity contribution >= 4 is 64.6 Å². The van der Waals surface area contributed by atoms with Crippen molar-refractivity contribution in [1.29, 1.82) is 0 Å². The first-order valence-electron chi connectivity index (χ1n) is 11.0. The molecule has 0 saturated carbocycles. The van der Waals surface area contributed by atoms with Crippen molar-refractivity contribution in [2.24, 2.45) is 0 Å². The Balaban J connectivity index is 2.08. The molecule has 0 aliphatic carbocycles. The van der Waals surface area contributed by atoms with Crippen LogP contribution in [0.1, 0.15) is 33.4 Å². The summed E-state index contributed by atoms with van der Waals surface area (Å²) >= 11 is 0. The highest BCUT2D eigenvalue weighted by Crippen LogP contribution is 2.52. The van der Waals surface area contributed by atoms with Crippen molar-refractivity contribution in [3.8, 4) is 0 Å². The van der Waals surface area contributed by atoms with Crippen molar-refractivity contribution in [2.75, 3.05) is 0 Å². The Morgan fingerprint density at radius 1 is 0.267 bits per heavy atom. The molecule has 7 aromatic carbocycles. The highest BCUT2D eigenvalue weighted by molar-refractivity contribution is 6.46. The summed E-state index contributed by atoms with van der Waals surface area (Å²) in [5, 5.41) is 17.4. The van der Waals surface area contributed by atoms with E-state index in [4.69, 9.17) is 0 Å². The summed E-state index contributed by atoms with van der Waals surface area (Å²) in [5.74, 6) is 0. The van der Waals surface area contributed by atoms with Crippen LogP contribution in [0, 0.1) is 41.5 Å². The molecule has 0 saturated heterocycles. The summed E-state index contributed by atoms with van der Waals surface area (Å²) in [6, 6.07) is 14.3. The van der Waals surface area contributed by atoms with Gasteiger partial charge in [0.2, 0.25) is 0 Å². The van der Waals surface area contributed by atoms with Crippen LogP contribution in [-0.4, -0.2) is 0 Å². The van der Waals surface area contributed by atoms with E-state index in [0.717, 1.165) is 0 Å². The minimum atomic E-state index is 1.42. The molecule has 0 aliphatic heterocycles. The van der Waals surface area contributed by atoms with E-state index in [2.05, 4.69) is 77.9 Å². The van der Waals surface area contributed by atoms with Gasteiger partial charge in [-0.25, -0.2) is 0 Å². The second-order valence-corrected chi connectivity index (χ2v) is 9.48. The van der Waals surface area contributed by atoms with E-state index in [0.29, 0.717) is 0 Å². The van der Waals surface area contributed by atoms with E-state index >= 15 is 0 Å². The molecular weight excluding hydrogens is 360 g/mol. The van der Waals surface area contributed by atoms with Crippen LogP contribution >= 0.6 is 0 Å². The predicted molar refractivity (Wildman–Crippen MR) is 133 cm³/mol. The molecule has 0 heteroatoms. The highest BCUT2D eigenvalue weighted by atomic mass is 14.3. The molecule has 0 N–H and O–H groups in total. The van der Waals surface area contributed by atoms with Gasteiger partial charge in [-0.2, -0.15) is 0 Å². The molecule has 7 rings (SSSR count). The van der Waals surface area contributed by atoms with Gasteiger partial charge in [0.15, 0.2) is 0 Å².